The third-order valence-electron chi connectivity index (χ3n) is 2.23. The molecule has 0 spiro atoms. The molecule has 16 heavy (non-hydrogen) atoms. The van der Waals surface area contributed by atoms with Crippen LogP contribution in [0.25, 0.3) is 5.69 Å². The van der Waals surface area contributed by atoms with Gasteiger partial charge < -0.3 is 9.84 Å². The van der Waals surface area contributed by atoms with Crippen LogP contribution in [0.4, 0.5) is 4.39 Å². The molecule has 0 saturated heterocycles. The van der Waals surface area contributed by atoms with E-state index >= 15 is 0 Å². The summed E-state index contributed by atoms with van der Waals surface area (Å²) in [4.78, 5) is 0. The molecule has 84 valence electrons. The Kier molecular flexibility index (Phi) is 2.87. The van der Waals surface area contributed by atoms with E-state index in [9.17, 15) is 4.39 Å². The van der Waals surface area contributed by atoms with Crippen LogP contribution in [-0.2, 0) is 6.61 Å². The number of methoxy groups -OCH3 is 1. The second-order valence-corrected chi connectivity index (χ2v) is 3.23. The number of halogens is 1. The first kappa shape index (κ1) is 10.6. The van der Waals surface area contributed by atoms with E-state index < -0.39 is 0 Å². The molecule has 2 rings (SSSR count). The van der Waals surface area contributed by atoms with Crippen molar-refractivity contribution in [1.82, 2.24) is 9.78 Å². The summed E-state index contributed by atoms with van der Waals surface area (Å²) in [5, 5.41) is 13.1. The molecule has 0 fully saturated rings. The van der Waals surface area contributed by atoms with Crippen molar-refractivity contribution in [3.8, 4) is 11.6 Å². The van der Waals surface area contributed by atoms with Gasteiger partial charge >= 0.3 is 0 Å². The van der Waals surface area contributed by atoms with Crippen molar-refractivity contribution in [3.05, 3.63) is 41.8 Å². The molecular formula is C11H11FN2O2. The van der Waals surface area contributed by atoms with Crippen molar-refractivity contribution < 1.29 is 14.2 Å². The Balaban J connectivity index is 2.47. The van der Waals surface area contributed by atoms with Gasteiger partial charge in [-0.1, -0.05) is 0 Å². The van der Waals surface area contributed by atoms with Crippen molar-refractivity contribution >= 4 is 0 Å². The highest BCUT2D eigenvalue weighted by atomic mass is 19.1. The lowest BCUT2D eigenvalue weighted by Crippen LogP contribution is -2.00. The quantitative estimate of drug-likeness (QED) is 0.856. The minimum absolute atomic E-state index is 0.148. The highest BCUT2D eigenvalue weighted by molar-refractivity contribution is 5.38. The molecule has 0 unspecified atom stereocenters. The smallest absolute Gasteiger partial charge is 0.222 e. The third-order valence-corrected chi connectivity index (χ3v) is 2.23. The molecule has 0 saturated carbocycles. The van der Waals surface area contributed by atoms with E-state index in [1.54, 1.807) is 12.1 Å². The van der Waals surface area contributed by atoms with E-state index in [-0.39, 0.29) is 12.4 Å². The van der Waals surface area contributed by atoms with Crippen LogP contribution >= 0.6 is 0 Å². The topological polar surface area (TPSA) is 47.3 Å². The van der Waals surface area contributed by atoms with E-state index in [0.29, 0.717) is 17.1 Å². The fourth-order valence-corrected chi connectivity index (χ4v) is 1.46. The maximum Gasteiger partial charge on any atom is 0.222 e. The maximum atomic E-state index is 12.8. The maximum absolute atomic E-state index is 12.8. The van der Waals surface area contributed by atoms with E-state index in [2.05, 4.69) is 5.10 Å². The molecule has 1 heterocycles. The molecule has 0 aliphatic rings. The summed E-state index contributed by atoms with van der Waals surface area (Å²) in [5.41, 5.74) is 1.27. The third kappa shape index (κ3) is 1.77. The number of hydrogen-bond acceptors (Lipinski definition) is 3. The number of aromatic nitrogens is 2. The molecule has 1 N–H and O–H groups in total. The summed E-state index contributed by atoms with van der Waals surface area (Å²) in [5.74, 6) is 0.145. The predicted octanol–water partition coefficient (Wildman–Crippen LogP) is 1.51. The van der Waals surface area contributed by atoms with Gasteiger partial charge in [-0.05, 0) is 24.3 Å². The van der Waals surface area contributed by atoms with Crippen LogP contribution < -0.4 is 4.74 Å². The standard InChI is InChI=1S/C11H11FN2O2/c1-16-11-8(7-15)6-13-14(11)10-4-2-9(12)3-5-10/h2-6,15H,7H2,1H3. The Bertz CT molecular complexity index is 479. The molecule has 0 amide bonds. The first-order valence-corrected chi connectivity index (χ1v) is 4.74. The van der Waals surface area contributed by atoms with Crippen LogP contribution in [-0.4, -0.2) is 22.0 Å². The van der Waals surface area contributed by atoms with Gasteiger partial charge in [0, 0.05) is 0 Å². The Morgan fingerprint density at radius 2 is 2.06 bits per heavy atom. The van der Waals surface area contributed by atoms with E-state index in [4.69, 9.17) is 9.84 Å². The Hall–Kier alpha value is -1.88. The van der Waals surface area contributed by atoms with Gasteiger partial charge in [0.15, 0.2) is 0 Å². The van der Waals surface area contributed by atoms with Crippen molar-refractivity contribution in [2.45, 2.75) is 6.61 Å². The molecule has 0 atom stereocenters. The SMILES string of the molecule is COc1c(CO)cnn1-c1ccc(F)cc1. The average Bonchev–Trinajstić information content (AvgIpc) is 2.72. The van der Waals surface area contributed by atoms with Crippen LogP contribution in [0.3, 0.4) is 0 Å². The van der Waals surface area contributed by atoms with Crippen LogP contribution in [0.15, 0.2) is 30.5 Å². The average molecular weight is 222 g/mol. The van der Waals surface area contributed by atoms with Gasteiger partial charge in [0.1, 0.15) is 5.82 Å². The fraction of sp³-hybridized carbons (Fsp3) is 0.182. The Labute approximate surface area is 91.9 Å². The van der Waals surface area contributed by atoms with Crippen molar-refractivity contribution in [1.29, 1.82) is 0 Å². The van der Waals surface area contributed by atoms with Gasteiger partial charge in [-0.3, -0.25) is 0 Å². The summed E-state index contributed by atoms with van der Waals surface area (Å²) < 4.78 is 19.4. The zero-order chi connectivity index (χ0) is 11.5. The minimum Gasteiger partial charge on any atom is -0.481 e. The van der Waals surface area contributed by atoms with Crippen molar-refractivity contribution in [3.63, 3.8) is 0 Å². The molecule has 5 heteroatoms. The second-order valence-electron chi connectivity index (χ2n) is 3.23. The lowest BCUT2D eigenvalue weighted by molar-refractivity contribution is 0.272. The summed E-state index contributed by atoms with van der Waals surface area (Å²) >= 11 is 0. The van der Waals surface area contributed by atoms with Crippen LogP contribution in [0.5, 0.6) is 5.88 Å². The largest absolute Gasteiger partial charge is 0.481 e. The molecule has 2 aromatic rings. The van der Waals surface area contributed by atoms with E-state index in [1.165, 1.54) is 30.1 Å². The molecule has 0 radical (unpaired) electrons. The number of rotatable bonds is 3. The monoisotopic (exact) mass is 222 g/mol. The van der Waals surface area contributed by atoms with Gasteiger partial charge in [0.25, 0.3) is 0 Å². The molecule has 1 aromatic heterocycles. The summed E-state index contributed by atoms with van der Waals surface area (Å²) in [6, 6.07) is 5.86. The number of nitrogens with zero attached hydrogens (tertiary/aromatic N) is 2. The van der Waals surface area contributed by atoms with Crippen LogP contribution in [0.1, 0.15) is 5.56 Å². The molecule has 0 bridgehead atoms. The molecule has 4 nitrogen and oxygen atoms in total. The Morgan fingerprint density at radius 3 is 2.62 bits per heavy atom. The number of ether oxygens (including phenoxy) is 1. The van der Waals surface area contributed by atoms with Crippen LogP contribution in [0.2, 0.25) is 0 Å². The molecule has 0 aliphatic carbocycles. The highest BCUT2D eigenvalue weighted by Gasteiger charge is 2.11. The summed E-state index contributed by atoms with van der Waals surface area (Å²) in [6.45, 7) is -0.148. The molecule has 0 aliphatic heterocycles. The fourth-order valence-electron chi connectivity index (χ4n) is 1.46. The van der Waals surface area contributed by atoms with Gasteiger partial charge in [0.05, 0.1) is 31.2 Å². The van der Waals surface area contributed by atoms with Crippen molar-refractivity contribution in [2.24, 2.45) is 0 Å². The second kappa shape index (κ2) is 4.32. The van der Waals surface area contributed by atoms with E-state index in [0.717, 1.165) is 0 Å². The normalized spacial score (nSPS) is 10.4. The number of aliphatic hydroxyl groups is 1. The summed E-state index contributed by atoms with van der Waals surface area (Å²) in [7, 11) is 1.50. The first-order valence-electron chi connectivity index (χ1n) is 4.74. The van der Waals surface area contributed by atoms with Crippen molar-refractivity contribution in [2.75, 3.05) is 7.11 Å². The van der Waals surface area contributed by atoms with E-state index in [1.807, 2.05) is 0 Å². The van der Waals surface area contributed by atoms with Gasteiger partial charge in [0.2, 0.25) is 5.88 Å². The summed E-state index contributed by atoms with van der Waals surface area (Å²) in [6.07, 6.45) is 1.52. The number of benzene rings is 1. The zero-order valence-corrected chi connectivity index (χ0v) is 8.72. The minimum atomic E-state index is -0.308. The van der Waals surface area contributed by atoms with Gasteiger partial charge in [-0.2, -0.15) is 5.10 Å². The lowest BCUT2D eigenvalue weighted by Gasteiger charge is -2.06. The predicted molar refractivity (Wildman–Crippen MR) is 56.0 cm³/mol. The molecular weight excluding hydrogens is 211 g/mol. The first-order chi connectivity index (χ1) is 7.76. The number of hydrogen-bond donors (Lipinski definition) is 1. The van der Waals surface area contributed by atoms with Crippen LogP contribution in [0, 0.1) is 5.82 Å². The van der Waals surface area contributed by atoms with Gasteiger partial charge in [-0.15, -0.1) is 0 Å². The molecule has 1 aromatic carbocycles. The highest BCUT2D eigenvalue weighted by Crippen LogP contribution is 2.22. The zero-order valence-electron chi connectivity index (χ0n) is 8.72. The van der Waals surface area contributed by atoms with Gasteiger partial charge in [-0.25, -0.2) is 9.07 Å². The number of aliphatic hydroxyl groups excluding tert-OH is 1. The lowest BCUT2D eigenvalue weighted by atomic mass is 10.3. The Morgan fingerprint density at radius 1 is 1.38 bits per heavy atom.